The van der Waals surface area contributed by atoms with Crippen LogP contribution in [0.4, 0.5) is 35.1 Å². The van der Waals surface area contributed by atoms with Crippen LogP contribution in [0.3, 0.4) is 0 Å². The van der Waals surface area contributed by atoms with Crippen LogP contribution >= 0.6 is 0 Å². The van der Waals surface area contributed by atoms with Crippen LogP contribution in [0.5, 0.6) is 0 Å². The van der Waals surface area contributed by atoms with Crippen LogP contribution in [0.1, 0.15) is 12.8 Å². The van der Waals surface area contributed by atoms with Gasteiger partial charge in [0.1, 0.15) is 0 Å². The molecule has 0 saturated carbocycles. The predicted octanol–water partition coefficient (Wildman–Crippen LogP) is 2.99. The molecule has 20 heavy (non-hydrogen) atoms. The molecule has 0 bridgehead atoms. The Morgan fingerprint density at radius 2 is 1.30 bits per heavy atom. The number of nitrogens with zero attached hydrogens (tertiary/aromatic N) is 1. The minimum atomic E-state index is -6.35. The van der Waals surface area contributed by atoms with Gasteiger partial charge in [-0.25, -0.2) is 0 Å². The van der Waals surface area contributed by atoms with Gasteiger partial charge in [0.15, 0.2) is 0 Å². The summed E-state index contributed by atoms with van der Waals surface area (Å²) in [5.41, 5.74) is 0. The molecule has 0 unspecified atom stereocenters. The van der Waals surface area contributed by atoms with E-state index in [9.17, 15) is 35.1 Å². The Hall–Kier alpha value is -1.77. The third-order valence-corrected chi connectivity index (χ3v) is 3.82. The minimum absolute atomic E-state index is 0.0936. The summed E-state index contributed by atoms with van der Waals surface area (Å²) in [5, 5.41) is 3.26. The molecule has 0 aromatic carbocycles. The van der Waals surface area contributed by atoms with Crippen molar-refractivity contribution in [2.24, 2.45) is 0 Å². The molecule has 11 heteroatoms. The monoisotopic (exact) mass is 549 g/mol. The van der Waals surface area contributed by atoms with Crippen LogP contribution < -0.4 is 0 Å². The van der Waals surface area contributed by atoms with E-state index >= 15 is 0 Å². The fourth-order valence-corrected chi connectivity index (χ4v) is 2.48. The van der Waals surface area contributed by atoms with Crippen LogP contribution in [-0.4, -0.2) is 49.4 Å². The Kier molecular flexibility index (Phi) is 3.79. The molecular weight excluding hydrogens is 541 g/mol. The summed E-state index contributed by atoms with van der Waals surface area (Å²) in [5.74, 6) is -12.6. The average molecular weight is 551 g/mol. The van der Waals surface area contributed by atoms with Crippen LogP contribution in [0, 0.1) is 0 Å². The second-order valence-electron chi connectivity index (χ2n) is 4.06. The Morgan fingerprint density at radius 3 is 1.70 bits per heavy atom. The first-order valence-electron chi connectivity index (χ1n) is 5.17. The normalized spacial score (nSPS) is 19.2. The van der Waals surface area contributed by atoms with E-state index in [1.54, 1.807) is 0 Å². The Balaban J connectivity index is 3.15. The van der Waals surface area contributed by atoms with E-state index in [1.807, 2.05) is 0 Å². The molecule has 1 saturated heterocycles. The van der Waals surface area contributed by atoms with E-state index in [0.717, 1.165) is 0 Å². The zero-order valence-corrected chi connectivity index (χ0v) is 12.4. The third kappa shape index (κ3) is 2.11. The van der Waals surface area contributed by atoms with Crippen LogP contribution in [0.25, 0.3) is 0 Å². The number of likely N-dealkylation sites (tertiary alicyclic amines) is 1. The molecular formula is C9H10CfF8NO. The van der Waals surface area contributed by atoms with E-state index in [0.29, 0.717) is 0 Å². The van der Waals surface area contributed by atoms with Crippen molar-refractivity contribution in [3.8, 4) is 0 Å². The fraction of sp³-hybridized carbons (Fsp3) is 0.889. The first-order valence-corrected chi connectivity index (χ1v) is 8.11. The molecule has 0 amide bonds. The van der Waals surface area contributed by atoms with Gasteiger partial charge in [-0.15, -0.1) is 0 Å². The molecule has 0 spiro atoms. The Labute approximate surface area is 104 Å². The van der Waals surface area contributed by atoms with Gasteiger partial charge in [-0.3, -0.25) is 0 Å². The van der Waals surface area contributed by atoms with Gasteiger partial charge >= 0.3 is 102 Å². The molecule has 2 nitrogen and oxygen atoms in total. The van der Waals surface area contributed by atoms with Crippen LogP contribution in [0.2, 0.25) is 0 Å². The van der Waals surface area contributed by atoms with Crippen molar-refractivity contribution in [2.45, 2.75) is 36.8 Å². The SMILES string of the molecule is [CH2]=[Cf][O]C(F)(F)C(F)(F)C(F)(F)C(F)(F)N1CCCC1. The van der Waals surface area contributed by atoms with Gasteiger partial charge < -0.3 is 0 Å². The first-order chi connectivity index (χ1) is 8.92. The van der Waals surface area contributed by atoms with Gasteiger partial charge in [0, 0.05) is 0 Å². The molecule has 0 radical (unpaired) electrons. The molecule has 0 aromatic heterocycles. The molecule has 1 heterocycles. The second kappa shape index (κ2) is 4.65. The van der Waals surface area contributed by atoms with Crippen molar-refractivity contribution in [3.63, 3.8) is 0 Å². The fourth-order valence-electron chi connectivity index (χ4n) is 1.67. The molecule has 1 rings (SSSR count). The van der Waals surface area contributed by atoms with Crippen molar-refractivity contribution in [1.29, 1.82) is 0 Å². The molecule has 1 aliphatic rings. The number of alkyl halides is 8. The molecule has 0 N–H and O–H groups in total. The summed E-state index contributed by atoms with van der Waals surface area (Å²) in [6.45, 7) is -1.15. The quantitative estimate of drug-likeness (QED) is 0.372. The summed E-state index contributed by atoms with van der Waals surface area (Å²) in [7, 11) is 2.78. The third-order valence-electron chi connectivity index (χ3n) is 2.77. The van der Waals surface area contributed by atoms with Gasteiger partial charge in [-0.2, -0.15) is 0 Å². The molecule has 1 fully saturated rings. The number of hydrogen-bond donors (Lipinski definition) is 0. The van der Waals surface area contributed by atoms with E-state index in [1.165, 1.54) is 0 Å². The molecule has 1 aliphatic heterocycles. The van der Waals surface area contributed by atoms with E-state index in [4.69, 9.17) is 0 Å². The van der Waals surface area contributed by atoms with Crippen molar-refractivity contribution in [2.75, 3.05) is 13.1 Å². The zero-order valence-electron chi connectivity index (χ0n) is 9.73. The zero-order chi connectivity index (χ0) is 15.8. The number of rotatable bonds is 6. The van der Waals surface area contributed by atoms with Gasteiger partial charge in [0.05, 0.1) is 0 Å². The maximum absolute atomic E-state index is 13.5. The summed E-state index contributed by atoms with van der Waals surface area (Å²) in [4.78, 5) is -0.223. The van der Waals surface area contributed by atoms with Gasteiger partial charge in [-0.1, -0.05) is 0 Å². The summed E-state index contributed by atoms with van der Waals surface area (Å²) in [6.07, 6.45) is -5.51. The van der Waals surface area contributed by atoms with Crippen LogP contribution in [-0.2, 0) is 5.11 Å². The van der Waals surface area contributed by atoms with E-state index < -0.39 is 37.1 Å². The average Bonchev–Trinajstić information content (AvgIpc) is 2.81. The number of hydrogen-bond acceptors (Lipinski definition) is 2. The molecule has 123 valence electrons. The maximum atomic E-state index is 13.5. The molecule has 0 aromatic rings. The Bertz CT molecular complexity index is 369. The van der Waals surface area contributed by atoms with E-state index in [2.05, 4.69) is 12.5 Å². The van der Waals surface area contributed by atoms with Crippen molar-refractivity contribution in [1.82, 2.24) is 4.90 Å². The summed E-state index contributed by atoms with van der Waals surface area (Å²) < 4.78 is 103. The Morgan fingerprint density at radius 1 is 0.850 bits per heavy atom. The standard InChI is InChI=1S/C8H8F8NO.CH2.Cf/c9-5(10,6(11,12)8(15,16)18)7(13,14)17-3-1-2-4-17;;/h1-4H2;1H2;/q-1;;+1. The van der Waals surface area contributed by atoms with Gasteiger partial charge in [-0.05, 0) is 0 Å². The van der Waals surface area contributed by atoms with E-state index in [-0.39, 0.29) is 17.7 Å². The molecule has 0 aliphatic carbocycles. The second-order valence-corrected chi connectivity index (χ2v) is 5.35. The van der Waals surface area contributed by atoms with Crippen molar-refractivity contribution < 1.29 is 40.2 Å². The van der Waals surface area contributed by atoms with Gasteiger partial charge in [0.25, 0.3) is 0 Å². The summed E-state index contributed by atoms with van der Waals surface area (Å²) >= 11 is 0. The van der Waals surface area contributed by atoms with Crippen LogP contribution in [0.15, 0.2) is 0 Å². The topological polar surface area (TPSA) is 12.5 Å². The van der Waals surface area contributed by atoms with Crippen molar-refractivity contribution >= 4 is 7.43 Å². The van der Waals surface area contributed by atoms with Crippen molar-refractivity contribution in [3.05, 3.63) is 0 Å². The molecule has 0 atom stereocenters. The predicted molar refractivity (Wildman–Crippen MR) is 48.8 cm³/mol. The summed E-state index contributed by atoms with van der Waals surface area (Å²) in [6, 6.07) is -5.40. The first kappa shape index (κ1) is 16.3. The van der Waals surface area contributed by atoms with Gasteiger partial charge in [0.2, 0.25) is 0 Å². The number of halogens is 8.